The van der Waals surface area contributed by atoms with Crippen molar-refractivity contribution in [3.63, 3.8) is 0 Å². The molecular weight excluding hydrogens is 415 g/mol. The summed E-state index contributed by atoms with van der Waals surface area (Å²) in [6.45, 7) is 5.76. The lowest BCUT2D eigenvalue weighted by atomic mass is 10.0. The fourth-order valence-electron chi connectivity index (χ4n) is 3.49. The molecule has 1 atom stereocenters. The summed E-state index contributed by atoms with van der Waals surface area (Å²) in [5, 5.41) is 2.88. The molecule has 0 spiro atoms. The molecule has 0 bridgehead atoms. The predicted molar refractivity (Wildman–Crippen MR) is 120 cm³/mol. The van der Waals surface area contributed by atoms with Gasteiger partial charge in [0.1, 0.15) is 11.9 Å². The molecule has 3 aromatic rings. The molecule has 0 radical (unpaired) electrons. The van der Waals surface area contributed by atoms with Crippen molar-refractivity contribution in [3.8, 4) is 0 Å². The van der Waals surface area contributed by atoms with Gasteiger partial charge in [0.2, 0.25) is 15.9 Å². The van der Waals surface area contributed by atoms with Gasteiger partial charge < -0.3 is 5.32 Å². The zero-order valence-corrected chi connectivity index (χ0v) is 18.5. The first-order valence-electron chi connectivity index (χ1n) is 9.86. The molecule has 5 nitrogen and oxygen atoms in total. The summed E-state index contributed by atoms with van der Waals surface area (Å²) in [5.74, 6) is -1.01. The van der Waals surface area contributed by atoms with Crippen LogP contribution in [0.1, 0.15) is 22.3 Å². The number of hydrogen-bond acceptors (Lipinski definition) is 3. The van der Waals surface area contributed by atoms with Gasteiger partial charge in [0, 0.05) is 5.69 Å². The van der Waals surface area contributed by atoms with E-state index in [1.807, 2.05) is 63.2 Å². The van der Waals surface area contributed by atoms with Gasteiger partial charge in [-0.05, 0) is 68.1 Å². The largest absolute Gasteiger partial charge is 0.324 e. The van der Waals surface area contributed by atoms with Crippen molar-refractivity contribution >= 4 is 21.6 Å². The molecule has 3 rings (SSSR count). The Morgan fingerprint density at radius 2 is 1.52 bits per heavy atom. The maximum absolute atomic E-state index is 13.2. The Labute approximate surface area is 182 Å². The van der Waals surface area contributed by atoms with Crippen LogP contribution in [-0.4, -0.2) is 20.4 Å². The number of halogens is 1. The minimum Gasteiger partial charge on any atom is -0.324 e. The number of carbonyl (C=O) groups excluding carboxylic acids is 1. The van der Waals surface area contributed by atoms with E-state index < -0.39 is 27.8 Å². The van der Waals surface area contributed by atoms with Crippen LogP contribution in [0.2, 0.25) is 0 Å². The van der Waals surface area contributed by atoms with Gasteiger partial charge >= 0.3 is 0 Å². The highest BCUT2D eigenvalue weighted by molar-refractivity contribution is 7.89. The van der Waals surface area contributed by atoms with Crippen LogP contribution in [0.3, 0.4) is 0 Å². The fourth-order valence-corrected chi connectivity index (χ4v) is 4.69. The molecule has 0 saturated heterocycles. The zero-order chi connectivity index (χ0) is 22.6. The van der Waals surface area contributed by atoms with Crippen LogP contribution in [0.4, 0.5) is 10.1 Å². The molecule has 1 amide bonds. The molecule has 0 aliphatic heterocycles. The van der Waals surface area contributed by atoms with Gasteiger partial charge in [0.15, 0.2) is 0 Å². The topological polar surface area (TPSA) is 75.3 Å². The summed E-state index contributed by atoms with van der Waals surface area (Å²) in [5.41, 5.74) is 4.33. The zero-order valence-electron chi connectivity index (χ0n) is 17.6. The molecule has 0 fully saturated rings. The average molecular weight is 441 g/mol. The summed E-state index contributed by atoms with van der Waals surface area (Å²) in [6, 6.07) is 16.5. The van der Waals surface area contributed by atoms with E-state index in [0.29, 0.717) is 5.69 Å². The molecule has 0 aromatic heterocycles. The van der Waals surface area contributed by atoms with Gasteiger partial charge in [-0.2, -0.15) is 4.72 Å². The van der Waals surface area contributed by atoms with E-state index in [9.17, 15) is 17.6 Å². The number of nitrogens with one attached hydrogen (secondary N) is 2. The first-order valence-corrected chi connectivity index (χ1v) is 11.3. The van der Waals surface area contributed by atoms with Crippen molar-refractivity contribution in [1.29, 1.82) is 0 Å². The monoisotopic (exact) mass is 440 g/mol. The Morgan fingerprint density at radius 1 is 0.935 bits per heavy atom. The third kappa shape index (κ3) is 5.77. The highest BCUT2D eigenvalue weighted by Gasteiger charge is 2.27. The molecule has 0 saturated carbocycles. The lowest BCUT2D eigenvalue weighted by molar-refractivity contribution is -0.117. The highest BCUT2D eigenvalue weighted by atomic mass is 32.2. The van der Waals surface area contributed by atoms with E-state index in [1.54, 1.807) is 0 Å². The number of amides is 1. The number of sulfonamides is 1. The Kier molecular flexibility index (Phi) is 6.87. The number of benzene rings is 3. The Balaban J connectivity index is 1.91. The SMILES string of the molecule is Cc1cc(C)c(NC(=O)[C@H](Cc2ccccc2)NS(=O)(=O)c2ccc(F)cc2)c(C)c1. The number of aryl methyl sites for hydroxylation is 3. The van der Waals surface area contributed by atoms with Crippen molar-refractivity contribution in [2.75, 3.05) is 5.32 Å². The van der Waals surface area contributed by atoms with E-state index in [4.69, 9.17) is 0 Å². The second-order valence-corrected chi connectivity index (χ2v) is 9.29. The van der Waals surface area contributed by atoms with E-state index in [-0.39, 0.29) is 11.3 Å². The molecule has 7 heteroatoms. The third-order valence-corrected chi connectivity index (χ3v) is 6.43. The highest BCUT2D eigenvalue weighted by Crippen LogP contribution is 2.22. The number of anilines is 1. The second-order valence-electron chi connectivity index (χ2n) is 7.58. The van der Waals surface area contributed by atoms with Crippen molar-refractivity contribution < 1.29 is 17.6 Å². The van der Waals surface area contributed by atoms with Crippen LogP contribution < -0.4 is 10.0 Å². The molecule has 0 aliphatic rings. The van der Waals surface area contributed by atoms with Gasteiger partial charge in [0.05, 0.1) is 4.90 Å². The number of rotatable bonds is 7. The quantitative estimate of drug-likeness (QED) is 0.576. The fraction of sp³-hybridized carbons (Fsp3) is 0.208. The molecular formula is C24H25FN2O3S. The maximum Gasteiger partial charge on any atom is 0.242 e. The minimum absolute atomic E-state index is 0.109. The van der Waals surface area contributed by atoms with Crippen LogP contribution in [0.5, 0.6) is 0 Å². The summed E-state index contributed by atoms with van der Waals surface area (Å²) < 4.78 is 41.4. The predicted octanol–water partition coefficient (Wildman–Crippen LogP) is 4.28. The van der Waals surface area contributed by atoms with Gasteiger partial charge in [-0.1, -0.05) is 48.0 Å². The van der Waals surface area contributed by atoms with Gasteiger partial charge in [-0.3, -0.25) is 4.79 Å². The van der Waals surface area contributed by atoms with Crippen LogP contribution >= 0.6 is 0 Å². The van der Waals surface area contributed by atoms with E-state index in [1.165, 1.54) is 12.1 Å². The van der Waals surface area contributed by atoms with Gasteiger partial charge in [-0.15, -0.1) is 0 Å². The molecule has 0 heterocycles. The van der Waals surface area contributed by atoms with Crippen molar-refractivity contribution in [3.05, 3.63) is 94.8 Å². The second kappa shape index (κ2) is 9.41. The summed E-state index contributed by atoms with van der Waals surface area (Å²) >= 11 is 0. The average Bonchev–Trinajstić information content (AvgIpc) is 2.71. The summed E-state index contributed by atoms with van der Waals surface area (Å²) in [6.07, 6.45) is 0.164. The normalized spacial score (nSPS) is 12.4. The molecule has 0 aliphatic carbocycles. The molecule has 3 aromatic carbocycles. The van der Waals surface area contributed by atoms with Crippen LogP contribution in [0, 0.1) is 26.6 Å². The Morgan fingerprint density at radius 3 is 2.10 bits per heavy atom. The van der Waals surface area contributed by atoms with Crippen LogP contribution in [0.15, 0.2) is 71.6 Å². The van der Waals surface area contributed by atoms with Crippen molar-refractivity contribution in [2.45, 2.75) is 38.1 Å². The lowest BCUT2D eigenvalue weighted by Gasteiger charge is -2.20. The Hall–Kier alpha value is -3.03. The third-order valence-electron chi connectivity index (χ3n) is 4.95. The maximum atomic E-state index is 13.2. The first-order chi connectivity index (χ1) is 14.7. The van der Waals surface area contributed by atoms with E-state index in [2.05, 4.69) is 10.0 Å². The van der Waals surface area contributed by atoms with E-state index in [0.717, 1.165) is 34.4 Å². The van der Waals surface area contributed by atoms with Crippen LogP contribution in [-0.2, 0) is 21.2 Å². The Bertz CT molecular complexity index is 1150. The van der Waals surface area contributed by atoms with Crippen LogP contribution in [0.25, 0.3) is 0 Å². The smallest absolute Gasteiger partial charge is 0.242 e. The van der Waals surface area contributed by atoms with E-state index >= 15 is 0 Å². The molecule has 0 unspecified atom stereocenters. The molecule has 2 N–H and O–H groups in total. The van der Waals surface area contributed by atoms with Crippen molar-refractivity contribution in [1.82, 2.24) is 4.72 Å². The van der Waals surface area contributed by atoms with Crippen molar-refractivity contribution in [2.24, 2.45) is 0 Å². The number of hydrogen-bond donors (Lipinski definition) is 2. The summed E-state index contributed by atoms with van der Waals surface area (Å²) in [4.78, 5) is 13.1. The van der Waals surface area contributed by atoms with Gasteiger partial charge in [-0.25, -0.2) is 12.8 Å². The number of carbonyl (C=O) groups is 1. The summed E-state index contributed by atoms with van der Waals surface area (Å²) in [7, 11) is -4.04. The molecule has 162 valence electrons. The lowest BCUT2D eigenvalue weighted by Crippen LogP contribution is -2.45. The standard InChI is InChI=1S/C24H25FN2O3S/c1-16-13-17(2)23(18(3)14-16)26-24(28)22(15-19-7-5-4-6-8-19)27-31(29,30)21-11-9-20(25)10-12-21/h4-14,22,27H,15H2,1-3H3,(H,26,28)/t22-/m0/s1. The molecule has 31 heavy (non-hydrogen) atoms. The van der Waals surface area contributed by atoms with Gasteiger partial charge in [0.25, 0.3) is 0 Å². The minimum atomic E-state index is -4.04. The first kappa shape index (κ1) is 22.7.